The molecule has 2 rings (SSSR count). The van der Waals surface area contributed by atoms with Crippen molar-refractivity contribution in [3.05, 3.63) is 52.0 Å². The summed E-state index contributed by atoms with van der Waals surface area (Å²) >= 11 is 1.21. The highest BCUT2D eigenvalue weighted by Gasteiger charge is 2.27. The summed E-state index contributed by atoms with van der Waals surface area (Å²) in [6.45, 7) is 0. The lowest BCUT2D eigenvalue weighted by Crippen LogP contribution is -2.08. The van der Waals surface area contributed by atoms with Gasteiger partial charge in [-0.25, -0.2) is 4.98 Å². The summed E-state index contributed by atoms with van der Waals surface area (Å²) in [7, 11) is 0. The predicted molar refractivity (Wildman–Crippen MR) is 71.6 cm³/mol. The van der Waals surface area contributed by atoms with Gasteiger partial charge in [-0.05, 0) is 5.56 Å². The Bertz CT molecular complexity index is 539. The van der Waals surface area contributed by atoms with Crippen LogP contribution in [-0.2, 0) is 12.8 Å². The van der Waals surface area contributed by atoms with E-state index in [0.29, 0.717) is 17.1 Å². The second-order valence-corrected chi connectivity index (χ2v) is 5.42. The summed E-state index contributed by atoms with van der Waals surface area (Å²) in [5.41, 5.74) is 1.40. The normalized spacial score (nSPS) is 13.4. The van der Waals surface area contributed by atoms with Gasteiger partial charge in [0.1, 0.15) is 0 Å². The third kappa shape index (κ3) is 4.61. The van der Waals surface area contributed by atoms with Crippen LogP contribution in [0.2, 0.25) is 0 Å². The summed E-state index contributed by atoms with van der Waals surface area (Å²) in [5.74, 6) is 0. The first-order chi connectivity index (χ1) is 9.44. The highest BCUT2D eigenvalue weighted by atomic mass is 32.1. The molecule has 0 bridgehead atoms. The molecule has 2 aromatic rings. The number of nitrogens with zero attached hydrogens (tertiary/aromatic N) is 1. The van der Waals surface area contributed by atoms with Gasteiger partial charge in [-0.15, -0.1) is 11.3 Å². The van der Waals surface area contributed by atoms with Crippen molar-refractivity contribution in [2.45, 2.75) is 31.5 Å². The number of thiazole rings is 1. The van der Waals surface area contributed by atoms with Gasteiger partial charge in [-0.1, -0.05) is 30.3 Å². The van der Waals surface area contributed by atoms with Crippen molar-refractivity contribution in [2.24, 2.45) is 0 Å². The molecule has 2 nitrogen and oxygen atoms in total. The fourth-order valence-corrected chi connectivity index (χ4v) is 2.61. The maximum Gasteiger partial charge on any atom is 0.389 e. The molecule has 0 aliphatic heterocycles. The molecule has 0 saturated carbocycles. The molecule has 1 heterocycles. The van der Waals surface area contributed by atoms with Gasteiger partial charge in [-0.3, -0.25) is 0 Å². The van der Waals surface area contributed by atoms with Crippen LogP contribution in [-0.4, -0.2) is 16.3 Å². The maximum absolute atomic E-state index is 12.1. The molecule has 0 radical (unpaired) electrons. The number of halogens is 3. The summed E-state index contributed by atoms with van der Waals surface area (Å²) in [5, 5.41) is 12.2. The fourth-order valence-electron chi connectivity index (χ4n) is 1.80. The molecule has 20 heavy (non-hydrogen) atoms. The Kier molecular flexibility index (Phi) is 4.77. The zero-order valence-electron chi connectivity index (χ0n) is 10.6. The average Bonchev–Trinajstić information content (AvgIpc) is 2.84. The molecule has 108 valence electrons. The van der Waals surface area contributed by atoms with Crippen LogP contribution >= 0.6 is 11.3 Å². The van der Waals surface area contributed by atoms with Gasteiger partial charge in [0, 0.05) is 24.6 Å². The largest absolute Gasteiger partial charge is 0.389 e. The number of hydrogen-bond donors (Lipinski definition) is 1. The second-order valence-electron chi connectivity index (χ2n) is 4.48. The molecule has 1 unspecified atom stereocenters. The van der Waals surface area contributed by atoms with Crippen molar-refractivity contribution in [2.75, 3.05) is 0 Å². The number of hydrogen-bond acceptors (Lipinski definition) is 3. The van der Waals surface area contributed by atoms with Crippen molar-refractivity contribution in [1.29, 1.82) is 0 Å². The maximum atomic E-state index is 12.1. The Hall–Kier alpha value is -1.40. The van der Waals surface area contributed by atoms with Gasteiger partial charge in [0.25, 0.3) is 0 Å². The van der Waals surface area contributed by atoms with Gasteiger partial charge in [0.15, 0.2) is 0 Å². The summed E-state index contributed by atoms with van der Waals surface area (Å²) < 4.78 is 36.3. The third-order valence-electron chi connectivity index (χ3n) is 2.81. The van der Waals surface area contributed by atoms with E-state index in [2.05, 4.69) is 4.98 Å². The monoisotopic (exact) mass is 301 g/mol. The smallest absolute Gasteiger partial charge is 0.388 e. The Balaban J connectivity index is 1.93. The van der Waals surface area contributed by atoms with Crippen LogP contribution in [0.1, 0.15) is 28.8 Å². The summed E-state index contributed by atoms with van der Waals surface area (Å²) in [6.07, 6.45) is -5.49. The van der Waals surface area contributed by atoms with E-state index in [9.17, 15) is 18.3 Å². The molecule has 0 spiro atoms. The molecule has 1 N–H and O–H groups in total. The number of aromatic nitrogens is 1. The van der Waals surface area contributed by atoms with Crippen molar-refractivity contribution < 1.29 is 18.3 Å². The number of aryl methyl sites for hydroxylation is 1. The molecule has 1 aromatic carbocycles. The Morgan fingerprint density at radius 1 is 1.20 bits per heavy atom. The van der Waals surface area contributed by atoms with E-state index in [1.807, 2.05) is 30.3 Å². The van der Waals surface area contributed by atoms with Crippen LogP contribution < -0.4 is 0 Å². The highest BCUT2D eigenvalue weighted by Crippen LogP contribution is 2.24. The molecule has 0 saturated heterocycles. The van der Waals surface area contributed by atoms with Crippen molar-refractivity contribution in [1.82, 2.24) is 4.98 Å². The number of alkyl halides is 3. The quantitative estimate of drug-likeness (QED) is 0.908. The van der Waals surface area contributed by atoms with E-state index in [-0.39, 0.29) is 6.42 Å². The SMILES string of the molecule is OC(Cc1csc(CCC(F)(F)F)n1)c1ccccc1. The van der Waals surface area contributed by atoms with E-state index in [1.165, 1.54) is 11.3 Å². The van der Waals surface area contributed by atoms with Gasteiger partial charge >= 0.3 is 6.18 Å². The van der Waals surface area contributed by atoms with E-state index in [4.69, 9.17) is 0 Å². The van der Waals surface area contributed by atoms with Gasteiger partial charge < -0.3 is 5.11 Å². The Labute approximate surface area is 118 Å². The van der Waals surface area contributed by atoms with Crippen molar-refractivity contribution in [3.63, 3.8) is 0 Å². The zero-order chi connectivity index (χ0) is 14.6. The van der Waals surface area contributed by atoms with E-state index in [1.54, 1.807) is 5.38 Å². The Morgan fingerprint density at radius 3 is 2.55 bits per heavy atom. The van der Waals surface area contributed by atoms with Crippen LogP contribution in [0.5, 0.6) is 0 Å². The van der Waals surface area contributed by atoms with Crippen LogP contribution in [0.15, 0.2) is 35.7 Å². The zero-order valence-corrected chi connectivity index (χ0v) is 11.4. The lowest BCUT2D eigenvalue weighted by atomic mass is 10.1. The minimum atomic E-state index is -4.16. The van der Waals surface area contributed by atoms with E-state index >= 15 is 0 Å². The van der Waals surface area contributed by atoms with Gasteiger partial charge in [0.2, 0.25) is 0 Å². The topological polar surface area (TPSA) is 33.1 Å². The van der Waals surface area contributed by atoms with E-state index in [0.717, 1.165) is 5.56 Å². The first-order valence-corrected chi connectivity index (χ1v) is 7.05. The average molecular weight is 301 g/mol. The van der Waals surface area contributed by atoms with Crippen molar-refractivity contribution >= 4 is 11.3 Å². The number of aliphatic hydroxyl groups excluding tert-OH is 1. The molecule has 0 amide bonds. The van der Waals surface area contributed by atoms with E-state index < -0.39 is 18.7 Å². The van der Waals surface area contributed by atoms with Crippen LogP contribution in [0.25, 0.3) is 0 Å². The first kappa shape index (κ1) is 15.0. The minimum Gasteiger partial charge on any atom is -0.388 e. The molecule has 1 atom stereocenters. The molecule has 1 aromatic heterocycles. The standard InChI is InChI=1S/C14H14F3NOS/c15-14(16,17)7-6-13-18-11(9-20-13)8-12(19)10-4-2-1-3-5-10/h1-5,9,12,19H,6-8H2. The molecule has 6 heteroatoms. The molecule has 0 aliphatic rings. The Morgan fingerprint density at radius 2 is 1.90 bits per heavy atom. The third-order valence-corrected chi connectivity index (χ3v) is 3.77. The highest BCUT2D eigenvalue weighted by molar-refractivity contribution is 7.09. The first-order valence-electron chi connectivity index (χ1n) is 6.17. The number of rotatable bonds is 5. The lowest BCUT2D eigenvalue weighted by molar-refractivity contribution is -0.134. The second kappa shape index (κ2) is 6.37. The number of aliphatic hydroxyl groups is 1. The van der Waals surface area contributed by atoms with Crippen LogP contribution in [0.3, 0.4) is 0 Å². The molecular weight excluding hydrogens is 287 g/mol. The van der Waals surface area contributed by atoms with Crippen LogP contribution in [0.4, 0.5) is 13.2 Å². The molecule has 0 aliphatic carbocycles. The van der Waals surface area contributed by atoms with Gasteiger partial charge in [0.05, 0.1) is 16.8 Å². The molecular formula is C14H14F3NOS. The van der Waals surface area contributed by atoms with Gasteiger partial charge in [-0.2, -0.15) is 13.2 Å². The summed E-state index contributed by atoms with van der Waals surface area (Å²) in [6, 6.07) is 9.13. The van der Waals surface area contributed by atoms with Crippen LogP contribution in [0, 0.1) is 0 Å². The minimum absolute atomic E-state index is 0.102. The molecule has 0 fully saturated rings. The fraction of sp³-hybridized carbons (Fsp3) is 0.357. The van der Waals surface area contributed by atoms with Crippen molar-refractivity contribution in [3.8, 4) is 0 Å². The summed E-state index contributed by atoms with van der Waals surface area (Å²) in [4.78, 5) is 4.14. The predicted octanol–water partition coefficient (Wildman–Crippen LogP) is 3.91. The lowest BCUT2D eigenvalue weighted by Gasteiger charge is -2.08. The number of benzene rings is 1.